The number of hydrogen-bond acceptors (Lipinski definition) is 7. The molecule has 0 radical (unpaired) electrons. The van der Waals surface area contributed by atoms with E-state index < -0.39 is 42.3 Å². The Balaban J connectivity index is 2.47. The van der Waals surface area contributed by atoms with Gasteiger partial charge in [0.1, 0.15) is 30.0 Å². The maximum Gasteiger partial charge on any atom is 0.328 e. The van der Waals surface area contributed by atoms with Crippen LogP contribution in [0.15, 0.2) is 9.59 Å². The average molecular weight is 288 g/mol. The van der Waals surface area contributed by atoms with Crippen LogP contribution < -0.4 is 16.0 Å². The van der Waals surface area contributed by atoms with Gasteiger partial charge in [0.25, 0.3) is 5.56 Å². The minimum atomic E-state index is -1.42. The van der Waals surface area contributed by atoms with Gasteiger partial charge in [-0.1, -0.05) is 0 Å². The molecule has 20 heavy (non-hydrogen) atoms. The summed E-state index contributed by atoms with van der Waals surface area (Å²) >= 11 is 0. The summed E-state index contributed by atoms with van der Waals surface area (Å²) in [5.74, 6) is -0.129. The normalized spacial score (nSPS) is 29.6. The van der Waals surface area contributed by atoms with E-state index in [0.29, 0.717) is 0 Å². The molecule has 5 N–H and O–H groups in total. The monoisotopic (exact) mass is 288 g/mol. The van der Waals surface area contributed by atoms with Crippen molar-refractivity contribution < 1.29 is 24.8 Å². The van der Waals surface area contributed by atoms with Crippen molar-refractivity contribution in [2.45, 2.75) is 31.3 Å². The van der Waals surface area contributed by atoms with Crippen LogP contribution in [-0.4, -0.2) is 56.8 Å². The first-order valence-electron chi connectivity index (χ1n) is 6.11. The minimum absolute atomic E-state index is 0.129. The Labute approximate surface area is 112 Å². The van der Waals surface area contributed by atoms with Crippen LogP contribution in [0.5, 0.6) is 5.88 Å². The summed E-state index contributed by atoms with van der Waals surface area (Å²) in [5, 5.41) is 28.6. The van der Waals surface area contributed by atoms with Gasteiger partial charge in [-0.25, -0.2) is 4.79 Å². The molecule has 2 rings (SSSR count). The van der Waals surface area contributed by atoms with Crippen LogP contribution >= 0.6 is 0 Å². The first-order valence-corrected chi connectivity index (χ1v) is 6.11. The van der Waals surface area contributed by atoms with Crippen LogP contribution in [-0.2, 0) is 4.74 Å². The summed E-state index contributed by atoms with van der Waals surface area (Å²) < 4.78 is 10.4. The van der Waals surface area contributed by atoms with Crippen molar-refractivity contribution in [3.05, 3.63) is 26.4 Å². The van der Waals surface area contributed by atoms with Gasteiger partial charge in [-0.3, -0.25) is 14.8 Å². The molecule has 2 heterocycles. The smallest absolute Gasteiger partial charge is 0.328 e. The molecular weight excluding hydrogens is 272 g/mol. The summed E-state index contributed by atoms with van der Waals surface area (Å²) in [6, 6.07) is 0. The number of rotatable bonds is 4. The van der Waals surface area contributed by atoms with Crippen molar-refractivity contribution in [3.63, 3.8) is 0 Å². The van der Waals surface area contributed by atoms with Gasteiger partial charge in [-0.05, 0) is 6.92 Å². The highest BCUT2D eigenvalue weighted by molar-refractivity contribution is 5.27. The molecular formula is C11H16N2O7. The van der Waals surface area contributed by atoms with E-state index in [9.17, 15) is 19.8 Å². The molecule has 1 aliphatic rings. The summed E-state index contributed by atoms with van der Waals surface area (Å²) in [4.78, 5) is 27.4. The molecule has 1 saturated heterocycles. The van der Waals surface area contributed by atoms with Crippen molar-refractivity contribution in [2.24, 2.45) is 0 Å². The van der Waals surface area contributed by atoms with Crippen LogP contribution in [0.2, 0.25) is 0 Å². The maximum absolute atomic E-state index is 11.9. The Kier molecular flexibility index (Phi) is 4.23. The van der Waals surface area contributed by atoms with Gasteiger partial charge in [0.2, 0.25) is 5.88 Å². The van der Waals surface area contributed by atoms with E-state index in [4.69, 9.17) is 14.6 Å². The fourth-order valence-electron chi connectivity index (χ4n) is 2.13. The zero-order valence-electron chi connectivity index (χ0n) is 10.7. The lowest BCUT2D eigenvalue weighted by molar-refractivity contribution is -0.0240. The van der Waals surface area contributed by atoms with Crippen LogP contribution in [0.25, 0.3) is 0 Å². The lowest BCUT2D eigenvalue weighted by Crippen LogP contribution is -2.34. The van der Waals surface area contributed by atoms with Crippen molar-refractivity contribution in [2.75, 3.05) is 13.2 Å². The molecule has 0 amide bonds. The number of aromatic amines is 2. The van der Waals surface area contributed by atoms with Crippen LogP contribution in [0, 0.1) is 0 Å². The second-order valence-corrected chi connectivity index (χ2v) is 4.34. The van der Waals surface area contributed by atoms with Crippen molar-refractivity contribution in [3.8, 4) is 5.88 Å². The number of aromatic nitrogens is 2. The predicted molar refractivity (Wildman–Crippen MR) is 65.6 cm³/mol. The van der Waals surface area contributed by atoms with Crippen molar-refractivity contribution >= 4 is 0 Å². The van der Waals surface area contributed by atoms with E-state index in [1.165, 1.54) is 0 Å². The standard InChI is InChI=1S/C11H16N2O7/c1-2-19-10-5(9(17)12-11(18)13-10)8-7(16)6(15)4(3-14)20-8/h4,6-8,14-16H,2-3H2,1H3,(H2,12,13,17,18)/t4-,6-,7-,8+/m1/s1. The summed E-state index contributed by atoms with van der Waals surface area (Å²) in [6.07, 6.45) is -4.98. The van der Waals surface area contributed by atoms with E-state index in [1.54, 1.807) is 6.92 Å². The zero-order valence-corrected chi connectivity index (χ0v) is 10.7. The van der Waals surface area contributed by atoms with E-state index in [1.807, 2.05) is 4.98 Å². The van der Waals surface area contributed by atoms with Gasteiger partial charge in [-0.2, -0.15) is 0 Å². The predicted octanol–water partition coefficient (Wildman–Crippen LogP) is -2.38. The average Bonchev–Trinajstić information content (AvgIpc) is 2.66. The summed E-state index contributed by atoms with van der Waals surface area (Å²) in [7, 11) is 0. The molecule has 0 saturated carbocycles. The topological polar surface area (TPSA) is 145 Å². The molecule has 0 bridgehead atoms. The SMILES string of the molecule is CCOc1[nH]c(=O)[nH]c(=O)c1[C@@H]1O[C@H](CO)[C@@H](O)[C@H]1O. The molecule has 4 atom stereocenters. The lowest BCUT2D eigenvalue weighted by Gasteiger charge is -2.16. The van der Waals surface area contributed by atoms with E-state index in [-0.39, 0.29) is 18.1 Å². The third-order valence-corrected chi connectivity index (χ3v) is 3.06. The molecule has 0 aliphatic carbocycles. The van der Waals surface area contributed by atoms with Crippen LogP contribution in [0.3, 0.4) is 0 Å². The Morgan fingerprint density at radius 3 is 2.50 bits per heavy atom. The Morgan fingerprint density at radius 1 is 1.25 bits per heavy atom. The largest absolute Gasteiger partial charge is 0.479 e. The molecule has 112 valence electrons. The minimum Gasteiger partial charge on any atom is -0.479 e. The molecule has 0 unspecified atom stereocenters. The number of H-pyrrole nitrogens is 2. The number of aliphatic hydroxyl groups excluding tert-OH is 3. The second-order valence-electron chi connectivity index (χ2n) is 4.34. The number of aliphatic hydroxyl groups is 3. The lowest BCUT2D eigenvalue weighted by atomic mass is 10.0. The fourth-order valence-corrected chi connectivity index (χ4v) is 2.13. The first kappa shape index (κ1) is 14.7. The van der Waals surface area contributed by atoms with E-state index in [0.717, 1.165) is 0 Å². The highest BCUT2D eigenvalue weighted by Gasteiger charge is 2.45. The van der Waals surface area contributed by atoms with Gasteiger partial charge in [0.05, 0.1) is 13.2 Å². The van der Waals surface area contributed by atoms with Crippen LogP contribution in [0.1, 0.15) is 18.6 Å². The number of nitrogens with one attached hydrogen (secondary N) is 2. The van der Waals surface area contributed by atoms with Gasteiger partial charge < -0.3 is 24.8 Å². The van der Waals surface area contributed by atoms with Gasteiger partial charge in [0.15, 0.2) is 0 Å². The van der Waals surface area contributed by atoms with Gasteiger partial charge in [0, 0.05) is 0 Å². The fraction of sp³-hybridized carbons (Fsp3) is 0.636. The Morgan fingerprint density at radius 2 is 1.95 bits per heavy atom. The third-order valence-electron chi connectivity index (χ3n) is 3.06. The molecule has 9 heteroatoms. The molecule has 1 aliphatic heterocycles. The van der Waals surface area contributed by atoms with Gasteiger partial charge in [-0.15, -0.1) is 0 Å². The molecule has 1 fully saturated rings. The quantitative estimate of drug-likeness (QED) is 0.416. The van der Waals surface area contributed by atoms with Crippen molar-refractivity contribution in [1.29, 1.82) is 0 Å². The second kappa shape index (κ2) is 5.75. The Bertz CT molecular complexity index is 581. The van der Waals surface area contributed by atoms with E-state index in [2.05, 4.69) is 4.98 Å². The highest BCUT2D eigenvalue weighted by atomic mass is 16.6. The maximum atomic E-state index is 11.9. The Hall–Kier alpha value is -1.68. The molecule has 1 aromatic rings. The number of hydrogen-bond donors (Lipinski definition) is 5. The molecule has 0 aromatic carbocycles. The van der Waals surface area contributed by atoms with E-state index >= 15 is 0 Å². The third kappa shape index (κ3) is 2.48. The highest BCUT2D eigenvalue weighted by Crippen LogP contribution is 2.34. The summed E-state index contributed by atoms with van der Waals surface area (Å²) in [6.45, 7) is 1.32. The molecule has 1 aromatic heterocycles. The zero-order chi connectivity index (χ0) is 14.9. The molecule has 9 nitrogen and oxygen atoms in total. The van der Waals surface area contributed by atoms with Crippen molar-refractivity contribution in [1.82, 2.24) is 9.97 Å². The summed E-state index contributed by atoms with van der Waals surface area (Å²) in [5.41, 5.74) is -1.67. The van der Waals surface area contributed by atoms with Gasteiger partial charge >= 0.3 is 5.69 Å². The van der Waals surface area contributed by atoms with Crippen LogP contribution in [0.4, 0.5) is 0 Å². The molecule has 0 spiro atoms. The first-order chi connectivity index (χ1) is 9.49. The number of ether oxygens (including phenoxy) is 2.